The van der Waals surface area contributed by atoms with Crippen molar-refractivity contribution in [3.63, 3.8) is 0 Å². The maximum absolute atomic E-state index is 13.2. The third kappa shape index (κ3) is 2.00. The van der Waals surface area contributed by atoms with Gasteiger partial charge in [0.15, 0.2) is 0 Å². The minimum atomic E-state index is -2.66. The number of rotatable bonds is 2. The van der Waals surface area contributed by atoms with E-state index in [0.717, 1.165) is 0 Å². The van der Waals surface area contributed by atoms with Crippen molar-refractivity contribution in [1.82, 2.24) is 9.61 Å². The number of hydrogen-bond acceptors (Lipinski definition) is 3. The Balaban J connectivity index is 1.97. The number of carbonyl (C=O) groups is 1. The molecule has 2 aromatic rings. The fourth-order valence-corrected chi connectivity index (χ4v) is 2.28. The Morgan fingerprint density at radius 1 is 1.42 bits per heavy atom. The van der Waals surface area contributed by atoms with Crippen LogP contribution in [-0.2, 0) is 0 Å². The van der Waals surface area contributed by atoms with Gasteiger partial charge in [-0.15, -0.1) is 0 Å². The zero-order chi connectivity index (χ0) is 13.6. The van der Waals surface area contributed by atoms with E-state index in [1.807, 2.05) is 0 Å². The molecule has 7 heteroatoms. The lowest BCUT2D eigenvalue weighted by molar-refractivity contribution is 0.0257. The monoisotopic (exact) mass is 267 g/mol. The van der Waals surface area contributed by atoms with Gasteiger partial charge < -0.3 is 10.0 Å². The van der Waals surface area contributed by atoms with Gasteiger partial charge in [0.2, 0.25) is 0 Å². The van der Waals surface area contributed by atoms with Crippen molar-refractivity contribution >= 4 is 17.2 Å². The zero-order valence-corrected chi connectivity index (χ0v) is 9.88. The number of hydrogen-bond donors (Lipinski definition) is 1. The van der Waals surface area contributed by atoms with Gasteiger partial charge in [0.05, 0.1) is 30.1 Å². The molecule has 5 nitrogen and oxygen atoms in total. The largest absolute Gasteiger partial charge is 0.478 e. The summed E-state index contributed by atoms with van der Waals surface area (Å²) in [6, 6.07) is 3.23. The first-order valence-electron chi connectivity index (χ1n) is 5.80. The summed E-state index contributed by atoms with van der Waals surface area (Å²) in [6.45, 7) is -0.0306. The fourth-order valence-electron chi connectivity index (χ4n) is 2.28. The minimum absolute atomic E-state index is 0.0956. The Morgan fingerprint density at radius 2 is 2.21 bits per heavy atom. The third-order valence-electron chi connectivity index (χ3n) is 3.27. The van der Waals surface area contributed by atoms with Gasteiger partial charge in [0, 0.05) is 13.0 Å². The molecule has 0 bridgehead atoms. The van der Waals surface area contributed by atoms with Crippen LogP contribution in [-0.4, -0.2) is 39.7 Å². The van der Waals surface area contributed by atoms with E-state index in [1.165, 1.54) is 10.7 Å². The van der Waals surface area contributed by atoms with Crippen LogP contribution in [0.3, 0.4) is 0 Å². The van der Waals surface area contributed by atoms with E-state index in [2.05, 4.69) is 5.10 Å². The summed E-state index contributed by atoms with van der Waals surface area (Å²) in [4.78, 5) is 12.5. The highest BCUT2D eigenvalue weighted by atomic mass is 19.3. The molecule has 3 rings (SSSR count). The molecule has 3 heterocycles. The number of anilines is 1. The van der Waals surface area contributed by atoms with Gasteiger partial charge in [-0.25, -0.2) is 18.1 Å². The Hall–Kier alpha value is -2.18. The van der Waals surface area contributed by atoms with Crippen molar-refractivity contribution in [3.05, 3.63) is 30.1 Å². The van der Waals surface area contributed by atoms with Crippen LogP contribution < -0.4 is 4.90 Å². The lowest BCUT2D eigenvalue weighted by atomic mass is 10.2. The molecule has 1 fully saturated rings. The van der Waals surface area contributed by atoms with Gasteiger partial charge in [-0.3, -0.25) is 0 Å². The topological polar surface area (TPSA) is 57.8 Å². The molecule has 0 saturated carbocycles. The summed E-state index contributed by atoms with van der Waals surface area (Å²) >= 11 is 0. The smallest absolute Gasteiger partial charge is 0.339 e. The van der Waals surface area contributed by atoms with Crippen LogP contribution in [0.25, 0.3) is 5.52 Å². The lowest BCUT2D eigenvalue weighted by Crippen LogP contribution is -2.25. The van der Waals surface area contributed by atoms with Crippen molar-refractivity contribution in [3.8, 4) is 0 Å². The third-order valence-corrected chi connectivity index (χ3v) is 3.27. The van der Waals surface area contributed by atoms with Crippen LogP contribution in [0.5, 0.6) is 0 Å². The molecular weight excluding hydrogens is 256 g/mol. The summed E-state index contributed by atoms with van der Waals surface area (Å²) < 4.78 is 27.7. The summed E-state index contributed by atoms with van der Waals surface area (Å²) in [5, 5.41) is 12.9. The summed E-state index contributed by atoms with van der Waals surface area (Å²) in [6.07, 6.45) is 2.66. The number of carboxylic acids is 1. The molecule has 0 aliphatic carbocycles. The standard InChI is InChI=1S/C12H11F2N3O2/c13-12(14)3-4-16(7-12)8-1-2-10-9(11(18)19)5-15-17(10)6-8/h1-2,5-6H,3-4,7H2,(H,18,19). The van der Waals surface area contributed by atoms with Gasteiger partial charge in [0.1, 0.15) is 5.56 Å². The number of aromatic nitrogens is 2. The van der Waals surface area contributed by atoms with Crippen molar-refractivity contribution < 1.29 is 18.7 Å². The average molecular weight is 267 g/mol. The quantitative estimate of drug-likeness (QED) is 0.902. The molecule has 1 N–H and O–H groups in total. The number of fused-ring (bicyclic) bond motifs is 1. The number of carboxylic acid groups (broad SMARTS) is 1. The van der Waals surface area contributed by atoms with Gasteiger partial charge in [-0.1, -0.05) is 0 Å². The molecule has 1 saturated heterocycles. The van der Waals surface area contributed by atoms with E-state index in [1.54, 1.807) is 23.2 Å². The van der Waals surface area contributed by atoms with Crippen LogP contribution >= 0.6 is 0 Å². The molecule has 2 aromatic heterocycles. The number of pyridine rings is 1. The van der Waals surface area contributed by atoms with Crippen LogP contribution in [0.15, 0.2) is 24.5 Å². The summed E-state index contributed by atoms with van der Waals surface area (Å²) in [7, 11) is 0. The van der Waals surface area contributed by atoms with E-state index in [9.17, 15) is 13.6 Å². The molecular formula is C12H11F2N3O2. The number of nitrogens with zero attached hydrogens (tertiary/aromatic N) is 3. The highest BCUT2D eigenvalue weighted by Gasteiger charge is 2.38. The number of aromatic carboxylic acids is 1. The van der Waals surface area contributed by atoms with Gasteiger partial charge in [0.25, 0.3) is 5.92 Å². The Labute approximate surface area is 107 Å². The summed E-state index contributed by atoms with van der Waals surface area (Å²) in [5.41, 5.74) is 1.16. The van der Waals surface area contributed by atoms with E-state index in [-0.39, 0.29) is 25.1 Å². The fraction of sp³-hybridized carbons (Fsp3) is 0.333. The van der Waals surface area contributed by atoms with E-state index < -0.39 is 11.9 Å². The van der Waals surface area contributed by atoms with Crippen LogP contribution in [0, 0.1) is 0 Å². The van der Waals surface area contributed by atoms with E-state index in [0.29, 0.717) is 11.2 Å². The van der Waals surface area contributed by atoms with Crippen LogP contribution in [0.2, 0.25) is 0 Å². The molecule has 100 valence electrons. The molecule has 1 aliphatic rings. The van der Waals surface area contributed by atoms with E-state index >= 15 is 0 Å². The first-order chi connectivity index (χ1) is 8.96. The zero-order valence-electron chi connectivity index (χ0n) is 9.88. The Morgan fingerprint density at radius 3 is 2.84 bits per heavy atom. The van der Waals surface area contributed by atoms with E-state index in [4.69, 9.17) is 5.11 Å². The maximum atomic E-state index is 13.2. The predicted molar refractivity (Wildman–Crippen MR) is 63.9 cm³/mol. The molecule has 0 radical (unpaired) electrons. The second kappa shape index (κ2) is 3.91. The first-order valence-corrected chi connectivity index (χ1v) is 5.80. The van der Waals surface area contributed by atoms with Crippen molar-refractivity contribution in [2.24, 2.45) is 0 Å². The molecule has 19 heavy (non-hydrogen) atoms. The van der Waals surface area contributed by atoms with Gasteiger partial charge in [-0.05, 0) is 12.1 Å². The van der Waals surface area contributed by atoms with Gasteiger partial charge >= 0.3 is 5.97 Å². The Bertz CT molecular complexity index is 653. The molecule has 0 aromatic carbocycles. The van der Waals surface area contributed by atoms with Crippen LogP contribution in [0.4, 0.5) is 14.5 Å². The SMILES string of the molecule is O=C(O)c1cnn2cc(N3CCC(F)(F)C3)ccc12. The van der Waals surface area contributed by atoms with Crippen LogP contribution in [0.1, 0.15) is 16.8 Å². The van der Waals surface area contributed by atoms with Crippen molar-refractivity contribution in [2.45, 2.75) is 12.3 Å². The molecule has 1 aliphatic heterocycles. The molecule has 0 atom stereocenters. The molecule has 0 amide bonds. The maximum Gasteiger partial charge on any atom is 0.339 e. The summed E-state index contributed by atoms with van der Waals surface area (Å²) in [5.74, 6) is -3.72. The highest BCUT2D eigenvalue weighted by Crippen LogP contribution is 2.31. The highest BCUT2D eigenvalue weighted by molar-refractivity contribution is 5.95. The number of alkyl halides is 2. The van der Waals surface area contributed by atoms with Gasteiger partial charge in [-0.2, -0.15) is 5.10 Å². The number of halogens is 2. The first kappa shape index (κ1) is 11.9. The second-order valence-corrected chi connectivity index (χ2v) is 4.61. The van der Waals surface area contributed by atoms with Crippen molar-refractivity contribution in [1.29, 1.82) is 0 Å². The minimum Gasteiger partial charge on any atom is -0.478 e. The Kier molecular flexibility index (Phi) is 2.44. The van der Waals surface area contributed by atoms with Crippen molar-refractivity contribution in [2.75, 3.05) is 18.0 Å². The second-order valence-electron chi connectivity index (χ2n) is 4.61. The molecule has 0 spiro atoms. The lowest BCUT2D eigenvalue weighted by Gasteiger charge is -2.18. The average Bonchev–Trinajstić information content (AvgIpc) is 2.91. The molecule has 0 unspecified atom stereocenters. The normalized spacial score (nSPS) is 18.1. The predicted octanol–water partition coefficient (Wildman–Crippen LogP) is 1.88.